The first-order valence-corrected chi connectivity index (χ1v) is 9.71. The molecule has 1 heterocycles. The Morgan fingerprint density at radius 1 is 1.04 bits per heavy atom. The van der Waals surface area contributed by atoms with E-state index in [1.165, 1.54) is 6.92 Å². The third-order valence-electron chi connectivity index (χ3n) is 4.57. The van der Waals surface area contributed by atoms with Gasteiger partial charge in [0.25, 0.3) is 11.8 Å². The Hall–Kier alpha value is -2.45. The molecule has 3 amide bonds. The third-order valence-corrected chi connectivity index (χ3v) is 4.57. The summed E-state index contributed by atoms with van der Waals surface area (Å²) in [5.41, 5.74) is 1.32. The van der Waals surface area contributed by atoms with Gasteiger partial charge in [0.05, 0.1) is 18.8 Å². The van der Waals surface area contributed by atoms with Gasteiger partial charge in [0.1, 0.15) is 0 Å². The number of ether oxygens (including phenoxy) is 1. The number of nitrogens with zero attached hydrogens (tertiary/aromatic N) is 1. The summed E-state index contributed by atoms with van der Waals surface area (Å²) in [6.07, 6.45) is 0.0584. The number of morpholine rings is 1. The highest BCUT2D eigenvalue weighted by atomic mass is 16.5. The largest absolute Gasteiger partial charge is 0.372 e. The third kappa shape index (κ3) is 6.94. The van der Waals surface area contributed by atoms with E-state index in [4.69, 9.17) is 4.74 Å². The summed E-state index contributed by atoms with van der Waals surface area (Å²) < 4.78 is 5.67. The van der Waals surface area contributed by atoms with Crippen molar-refractivity contribution in [2.75, 3.05) is 43.4 Å². The first-order chi connectivity index (χ1) is 13.3. The Bertz CT molecular complexity index is 682. The summed E-state index contributed by atoms with van der Waals surface area (Å²) in [5, 5.41) is 5.52. The predicted octanol–water partition coefficient (Wildman–Crippen LogP) is 0.124. The molecule has 2 rings (SSSR count). The van der Waals surface area contributed by atoms with Crippen LogP contribution in [-0.2, 0) is 19.1 Å². The maximum absolute atomic E-state index is 12.6. The summed E-state index contributed by atoms with van der Waals surface area (Å²) in [7, 11) is 0. The Balaban J connectivity index is 1.85. The Kier molecular flexibility index (Phi) is 7.95. The molecule has 1 aromatic carbocycles. The number of hydrogen-bond donors (Lipinski definition) is 3. The minimum Gasteiger partial charge on any atom is -0.372 e. The topological polar surface area (TPSA) is 92.2 Å². The van der Waals surface area contributed by atoms with Crippen molar-refractivity contribution in [1.29, 1.82) is 0 Å². The highest BCUT2D eigenvalue weighted by Crippen LogP contribution is 2.13. The standard InChI is InChI=1S/C20H30N4O4/c1-5-23(13-20(27)24-10-14(2)28-15(3)11-24)12-19(26)22-18-8-6-17(7-9-18)21-16(4)25/h6-9,14-15H,5,10-13H2,1-4H3,(H,21,25)(H,22,26)/p+1/t14-,15-/m1/s1. The first-order valence-electron chi connectivity index (χ1n) is 9.71. The van der Waals surface area contributed by atoms with Gasteiger partial charge in [-0.25, -0.2) is 0 Å². The number of quaternary nitrogens is 1. The van der Waals surface area contributed by atoms with E-state index in [-0.39, 0.29) is 43.0 Å². The quantitative estimate of drug-likeness (QED) is 0.616. The molecule has 28 heavy (non-hydrogen) atoms. The molecule has 1 saturated heterocycles. The number of benzene rings is 1. The van der Waals surface area contributed by atoms with Crippen molar-refractivity contribution in [2.24, 2.45) is 0 Å². The zero-order valence-electron chi connectivity index (χ0n) is 17.1. The first kappa shape index (κ1) is 21.8. The molecule has 1 unspecified atom stereocenters. The van der Waals surface area contributed by atoms with Crippen LogP contribution in [0.2, 0.25) is 0 Å². The molecule has 1 fully saturated rings. The molecule has 0 radical (unpaired) electrons. The zero-order valence-corrected chi connectivity index (χ0v) is 17.1. The number of nitrogens with one attached hydrogen (secondary N) is 3. The van der Waals surface area contributed by atoms with Gasteiger partial charge in [0, 0.05) is 31.4 Å². The van der Waals surface area contributed by atoms with Gasteiger partial charge in [-0.15, -0.1) is 0 Å². The van der Waals surface area contributed by atoms with Gasteiger partial charge in [0.15, 0.2) is 13.1 Å². The van der Waals surface area contributed by atoms with Crippen molar-refractivity contribution in [3.05, 3.63) is 24.3 Å². The molecule has 1 aliphatic heterocycles. The molecule has 1 aromatic rings. The maximum atomic E-state index is 12.6. The lowest BCUT2D eigenvalue weighted by atomic mass is 10.2. The molecular formula is C20H31N4O4+. The molecule has 1 aliphatic rings. The minimum absolute atomic E-state index is 0.0292. The van der Waals surface area contributed by atoms with Crippen LogP contribution in [0.5, 0.6) is 0 Å². The molecule has 3 N–H and O–H groups in total. The van der Waals surface area contributed by atoms with Crippen LogP contribution in [0.4, 0.5) is 11.4 Å². The molecule has 0 saturated carbocycles. The molecule has 154 valence electrons. The lowest BCUT2D eigenvalue weighted by Gasteiger charge is -2.35. The highest BCUT2D eigenvalue weighted by Gasteiger charge is 2.28. The fraction of sp³-hybridized carbons (Fsp3) is 0.550. The molecule has 0 aliphatic carbocycles. The monoisotopic (exact) mass is 391 g/mol. The minimum atomic E-state index is -0.152. The summed E-state index contributed by atoms with van der Waals surface area (Å²) >= 11 is 0. The average Bonchev–Trinajstić information content (AvgIpc) is 2.61. The molecule has 0 aromatic heterocycles. The molecule has 0 spiro atoms. The van der Waals surface area contributed by atoms with Crippen LogP contribution in [0.3, 0.4) is 0 Å². The fourth-order valence-corrected chi connectivity index (χ4v) is 3.29. The number of rotatable bonds is 7. The SMILES string of the molecule is CC[NH+](CC(=O)Nc1ccc(NC(C)=O)cc1)CC(=O)N1C[C@@H](C)O[C@H](C)C1. The average molecular weight is 391 g/mol. The van der Waals surface area contributed by atoms with E-state index in [0.717, 1.165) is 4.90 Å². The van der Waals surface area contributed by atoms with Crippen molar-refractivity contribution in [3.8, 4) is 0 Å². The van der Waals surface area contributed by atoms with Crippen LogP contribution in [0, 0.1) is 0 Å². The molecular weight excluding hydrogens is 360 g/mol. The Morgan fingerprint density at radius 3 is 2.07 bits per heavy atom. The van der Waals surface area contributed by atoms with Crippen LogP contribution in [0.1, 0.15) is 27.7 Å². The smallest absolute Gasteiger partial charge is 0.279 e. The van der Waals surface area contributed by atoms with E-state index in [1.54, 1.807) is 24.3 Å². The number of hydrogen-bond acceptors (Lipinski definition) is 4. The van der Waals surface area contributed by atoms with Crippen molar-refractivity contribution in [2.45, 2.75) is 39.9 Å². The van der Waals surface area contributed by atoms with Gasteiger partial charge < -0.3 is 25.2 Å². The van der Waals surface area contributed by atoms with Crippen molar-refractivity contribution >= 4 is 29.1 Å². The number of carbonyl (C=O) groups is 3. The van der Waals surface area contributed by atoms with Gasteiger partial charge in [-0.2, -0.15) is 0 Å². The maximum Gasteiger partial charge on any atom is 0.279 e. The second kappa shape index (κ2) is 10.2. The van der Waals surface area contributed by atoms with Gasteiger partial charge >= 0.3 is 0 Å². The van der Waals surface area contributed by atoms with Crippen molar-refractivity contribution in [1.82, 2.24) is 4.90 Å². The number of amides is 3. The van der Waals surface area contributed by atoms with Crippen molar-refractivity contribution < 1.29 is 24.0 Å². The highest BCUT2D eigenvalue weighted by molar-refractivity contribution is 5.92. The molecule has 8 heteroatoms. The van der Waals surface area contributed by atoms with Crippen LogP contribution >= 0.6 is 0 Å². The van der Waals surface area contributed by atoms with Gasteiger partial charge in [-0.3, -0.25) is 14.4 Å². The Labute approximate surface area is 166 Å². The van der Waals surface area contributed by atoms with E-state index in [2.05, 4.69) is 10.6 Å². The van der Waals surface area contributed by atoms with Crippen molar-refractivity contribution in [3.63, 3.8) is 0 Å². The molecule has 8 nitrogen and oxygen atoms in total. The summed E-state index contributed by atoms with van der Waals surface area (Å²) in [5.74, 6) is -0.250. The van der Waals surface area contributed by atoms with Gasteiger partial charge in [-0.1, -0.05) is 0 Å². The lowest BCUT2D eigenvalue weighted by molar-refractivity contribution is -0.882. The van der Waals surface area contributed by atoms with Crippen LogP contribution in [-0.4, -0.2) is 67.6 Å². The Morgan fingerprint density at radius 2 is 1.57 bits per heavy atom. The second-order valence-corrected chi connectivity index (χ2v) is 7.32. The number of anilines is 2. The van der Waals surface area contributed by atoms with Crippen LogP contribution in [0.15, 0.2) is 24.3 Å². The molecule has 3 atom stereocenters. The van der Waals surface area contributed by atoms with Gasteiger partial charge in [-0.05, 0) is 45.0 Å². The summed E-state index contributed by atoms with van der Waals surface area (Å²) in [6.45, 7) is 9.68. The van der Waals surface area contributed by atoms with E-state index >= 15 is 0 Å². The normalized spacial score (nSPS) is 20.4. The van der Waals surface area contributed by atoms with Crippen LogP contribution < -0.4 is 15.5 Å². The van der Waals surface area contributed by atoms with E-state index in [0.29, 0.717) is 31.0 Å². The number of carbonyl (C=O) groups excluding carboxylic acids is 3. The van der Waals surface area contributed by atoms with E-state index < -0.39 is 0 Å². The summed E-state index contributed by atoms with van der Waals surface area (Å²) in [4.78, 5) is 38.7. The fourth-order valence-electron chi connectivity index (χ4n) is 3.29. The summed E-state index contributed by atoms with van der Waals surface area (Å²) in [6, 6.07) is 6.92. The van der Waals surface area contributed by atoms with E-state index in [9.17, 15) is 14.4 Å². The lowest BCUT2D eigenvalue weighted by Crippen LogP contribution is -3.14. The predicted molar refractivity (Wildman–Crippen MR) is 107 cm³/mol. The van der Waals surface area contributed by atoms with E-state index in [1.807, 2.05) is 25.7 Å². The number of likely N-dealkylation sites (N-methyl/N-ethyl adjacent to an activating group) is 1. The second-order valence-electron chi connectivity index (χ2n) is 7.32. The molecule has 0 bridgehead atoms. The van der Waals surface area contributed by atoms with Gasteiger partial charge in [0.2, 0.25) is 5.91 Å². The van der Waals surface area contributed by atoms with Crippen LogP contribution in [0.25, 0.3) is 0 Å². The zero-order chi connectivity index (χ0) is 20.7.